The van der Waals surface area contributed by atoms with E-state index in [1.165, 1.54) is 18.3 Å². The van der Waals surface area contributed by atoms with Gasteiger partial charge in [-0.15, -0.1) is 0 Å². The number of aromatic nitrogens is 1. The lowest BCUT2D eigenvalue weighted by molar-refractivity contribution is -0.124. The number of nitrogens with one attached hydrogen (secondary N) is 1. The van der Waals surface area contributed by atoms with Gasteiger partial charge in [-0.1, -0.05) is 11.6 Å². The Morgan fingerprint density at radius 1 is 1.48 bits per heavy atom. The number of esters is 1. The molecule has 114 valence electrons. The number of carbonyl (C=O) groups is 2. The minimum absolute atomic E-state index is 0.00945. The van der Waals surface area contributed by atoms with Gasteiger partial charge in [0.15, 0.2) is 16.4 Å². The summed E-state index contributed by atoms with van der Waals surface area (Å²) in [5, 5.41) is 2.50. The van der Waals surface area contributed by atoms with E-state index in [2.05, 4.69) is 10.3 Å². The van der Waals surface area contributed by atoms with Gasteiger partial charge in [0.2, 0.25) is 0 Å². The molecule has 0 aliphatic carbocycles. The molecule has 2 rings (SSSR count). The lowest BCUT2D eigenvalue weighted by atomic mass is 10.2. The summed E-state index contributed by atoms with van der Waals surface area (Å²) < 4.78 is 27.3. The van der Waals surface area contributed by atoms with Crippen molar-refractivity contribution in [2.75, 3.05) is 18.1 Å². The lowest BCUT2D eigenvalue weighted by Gasteiger charge is -2.11. The quantitative estimate of drug-likeness (QED) is 0.624. The zero-order valence-electron chi connectivity index (χ0n) is 10.9. The average molecular weight is 333 g/mol. The molecular weight excluding hydrogens is 320 g/mol. The predicted octanol–water partition coefficient (Wildman–Crippen LogP) is 0.195. The van der Waals surface area contributed by atoms with Gasteiger partial charge in [-0.2, -0.15) is 0 Å². The molecule has 1 aromatic rings. The normalized spacial score (nSPS) is 20.0. The van der Waals surface area contributed by atoms with Crippen molar-refractivity contribution in [3.63, 3.8) is 0 Å². The van der Waals surface area contributed by atoms with Crippen LogP contribution in [0.5, 0.6) is 0 Å². The molecule has 1 saturated heterocycles. The molecule has 0 saturated carbocycles. The minimum atomic E-state index is -3.07. The van der Waals surface area contributed by atoms with Crippen LogP contribution in [0, 0.1) is 0 Å². The van der Waals surface area contributed by atoms with Crippen molar-refractivity contribution in [3.8, 4) is 0 Å². The zero-order valence-corrected chi connectivity index (χ0v) is 12.5. The SMILES string of the molecule is O=C(COC(=O)c1cccnc1Cl)N[C@H]1CCS(=O)(=O)C1. The van der Waals surface area contributed by atoms with Crippen LogP contribution in [0.4, 0.5) is 0 Å². The van der Waals surface area contributed by atoms with E-state index in [1.807, 2.05) is 0 Å². The Balaban J connectivity index is 1.82. The first-order valence-electron chi connectivity index (χ1n) is 6.15. The Morgan fingerprint density at radius 2 is 2.24 bits per heavy atom. The lowest BCUT2D eigenvalue weighted by Crippen LogP contribution is -2.38. The average Bonchev–Trinajstić information content (AvgIpc) is 2.75. The largest absolute Gasteiger partial charge is 0.452 e. The summed E-state index contributed by atoms with van der Waals surface area (Å²) in [6, 6.07) is 2.52. The molecule has 0 aromatic carbocycles. The summed E-state index contributed by atoms with van der Waals surface area (Å²) in [7, 11) is -3.07. The zero-order chi connectivity index (χ0) is 15.5. The smallest absolute Gasteiger partial charge is 0.341 e. The fourth-order valence-corrected chi connectivity index (χ4v) is 3.80. The highest BCUT2D eigenvalue weighted by Crippen LogP contribution is 2.13. The first kappa shape index (κ1) is 15.7. The standard InChI is InChI=1S/C12H13ClN2O5S/c13-11-9(2-1-4-14-11)12(17)20-6-10(16)15-8-3-5-21(18,19)7-8/h1-2,4,8H,3,5-7H2,(H,15,16)/t8-/m0/s1. The van der Waals surface area contributed by atoms with E-state index in [0.717, 1.165) is 0 Å². The van der Waals surface area contributed by atoms with Gasteiger partial charge in [0.25, 0.3) is 5.91 Å². The van der Waals surface area contributed by atoms with Gasteiger partial charge < -0.3 is 10.1 Å². The van der Waals surface area contributed by atoms with E-state index in [1.54, 1.807) is 0 Å². The number of amides is 1. The summed E-state index contributed by atoms with van der Waals surface area (Å²) in [6.07, 6.45) is 1.79. The Hall–Kier alpha value is -1.67. The number of nitrogens with zero attached hydrogens (tertiary/aromatic N) is 1. The van der Waals surface area contributed by atoms with Gasteiger partial charge in [-0.3, -0.25) is 4.79 Å². The number of rotatable bonds is 4. The highest BCUT2D eigenvalue weighted by atomic mass is 35.5. The molecule has 1 N–H and O–H groups in total. The van der Waals surface area contributed by atoms with Gasteiger partial charge in [0.05, 0.1) is 17.1 Å². The third kappa shape index (κ3) is 4.40. The summed E-state index contributed by atoms with van der Waals surface area (Å²) in [4.78, 5) is 27.0. The van der Waals surface area contributed by atoms with E-state index >= 15 is 0 Å². The molecule has 1 atom stereocenters. The van der Waals surface area contributed by atoms with Crippen LogP contribution in [0.1, 0.15) is 16.8 Å². The summed E-state index contributed by atoms with van der Waals surface area (Å²) in [5.41, 5.74) is 0.0652. The number of carbonyl (C=O) groups excluding carboxylic acids is 2. The molecule has 1 amide bonds. The number of hydrogen-bond donors (Lipinski definition) is 1. The Kier molecular flexibility index (Phi) is 4.79. The second-order valence-corrected chi connectivity index (χ2v) is 7.17. The van der Waals surface area contributed by atoms with Crippen LogP contribution in [0.2, 0.25) is 5.15 Å². The highest BCUT2D eigenvalue weighted by Gasteiger charge is 2.29. The van der Waals surface area contributed by atoms with Crippen molar-refractivity contribution >= 4 is 33.3 Å². The second kappa shape index (κ2) is 6.40. The number of pyridine rings is 1. The minimum Gasteiger partial charge on any atom is -0.452 e. The first-order chi connectivity index (χ1) is 9.87. The fraction of sp³-hybridized carbons (Fsp3) is 0.417. The van der Waals surface area contributed by atoms with Crippen molar-refractivity contribution in [1.82, 2.24) is 10.3 Å². The van der Waals surface area contributed by atoms with Crippen molar-refractivity contribution in [3.05, 3.63) is 29.0 Å². The maximum Gasteiger partial charge on any atom is 0.341 e. The molecule has 0 radical (unpaired) electrons. The second-order valence-electron chi connectivity index (χ2n) is 4.59. The van der Waals surface area contributed by atoms with Gasteiger partial charge in [0, 0.05) is 12.2 Å². The highest BCUT2D eigenvalue weighted by molar-refractivity contribution is 7.91. The molecule has 21 heavy (non-hydrogen) atoms. The summed E-state index contributed by atoms with van der Waals surface area (Å²) in [6.45, 7) is -0.499. The van der Waals surface area contributed by atoms with Crippen LogP contribution in [-0.4, -0.2) is 49.4 Å². The van der Waals surface area contributed by atoms with Crippen LogP contribution >= 0.6 is 11.6 Å². The molecule has 0 bridgehead atoms. The molecule has 7 nitrogen and oxygen atoms in total. The molecule has 0 unspecified atom stereocenters. The molecule has 9 heteroatoms. The van der Waals surface area contributed by atoms with Gasteiger partial charge in [0.1, 0.15) is 5.15 Å². The van der Waals surface area contributed by atoms with E-state index in [0.29, 0.717) is 6.42 Å². The summed E-state index contributed by atoms with van der Waals surface area (Å²) >= 11 is 5.72. The predicted molar refractivity (Wildman–Crippen MR) is 74.7 cm³/mol. The van der Waals surface area contributed by atoms with Gasteiger partial charge in [-0.25, -0.2) is 18.2 Å². The van der Waals surface area contributed by atoms with E-state index < -0.39 is 34.4 Å². The number of ether oxygens (including phenoxy) is 1. The number of hydrogen-bond acceptors (Lipinski definition) is 6. The Labute approximate surface area is 126 Å². The topological polar surface area (TPSA) is 102 Å². The van der Waals surface area contributed by atoms with Crippen LogP contribution in [-0.2, 0) is 19.4 Å². The Morgan fingerprint density at radius 3 is 2.86 bits per heavy atom. The maximum atomic E-state index is 11.7. The first-order valence-corrected chi connectivity index (χ1v) is 8.35. The maximum absolute atomic E-state index is 11.7. The van der Waals surface area contributed by atoms with E-state index in [4.69, 9.17) is 16.3 Å². The molecule has 1 fully saturated rings. The number of halogens is 1. The van der Waals surface area contributed by atoms with Crippen molar-refractivity contribution in [2.24, 2.45) is 0 Å². The van der Waals surface area contributed by atoms with Gasteiger partial charge >= 0.3 is 5.97 Å². The van der Waals surface area contributed by atoms with Crippen molar-refractivity contribution < 1.29 is 22.7 Å². The number of sulfone groups is 1. The molecule has 1 aliphatic heterocycles. The van der Waals surface area contributed by atoms with Crippen LogP contribution in [0.25, 0.3) is 0 Å². The van der Waals surface area contributed by atoms with Crippen LogP contribution in [0.15, 0.2) is 18.3 Å². The molecule has 2 heterocycles. The van der Waals surface area contributed by atoms with Crippen LogP contribution < -0.4 is 5.32 Å². The van der Waals surface area contributed by atoms with Crippen LogP contribution in [0.3, 0.4) is 0 Å². The monoisotopic (exact) mass is 332 g/mol. The molecule has 1 aliphatic rings. The summed E-state index contributed by atoms with van der Waals surface area (Å²) in [5.74, 6) is -1.34. The Bertz CT molecular complexity index is 661. The van der Waals surface area contributed by atoms with Crippen molar-refractivity contribution in [1.29, 1.82) is 0 Å². The van der Waals surface area contributed by atoms with Gasteiger partial charge in [-0.05, 0) is 18.6 Å². The molecule has 0 spiro atoms. The van der Waals surface area contributed by atoms with E-state index in [-0.39, 0.29) is 22.2 Å². The molecule has 1 aromatic heterocycles. The third-order valence-electron chi connectivity index (χ3n) is 2.91. The fourth-order valence-electron chi connectivity index (χ4n) is 1.93. The van der Waals surface area contributed by atoms with E-state index in [9.17, 15) is 18.0 Å². The molecular formula is C12H13ClN2O5S. The third-order valence-corrected chi connectivity index (χ3v) is 4.98. The van der Waals surface area contributed by atoms with Crippen molar-refractivity contribution in [2.45, 2.75) is 12.5 Å².